The van der Waals surface area contributed by atoms with Crippen molar-refractivity contribution in [2.45, 2.75) is 13.3 Å². The first kappa shape index (κ1) is 17.4. The van der Waals surface area contributed by atoms with Crippen molar-refractivity contribution in [2.24, 2.45) is 5.73 Å². The lowest BCUT2D eigenvalue weighted by atomic mass is 10.1. The summed E-state index contributed by atoms with van der Waals surface area (Å²) in [6, 6.07) is 5.76. The summed E-state index contributed by atoms with van der Waals surface area (Å²) in [7, 11) is 0. The number of halogens is 1. The van der Waals surface area contributed by atoms with E-state index in [1.165, 1.54) is 11.3 Å². The predicted molar refractivity (Wildman–Crippen MR) is 91.8 cm³/mol. The molecule has 0 spiro atoms. The van der Waals surface area contributed by atoms with Crippen LogP contribution in [0.4, 0.5) is 5.13 Å². The van der Waals surface area contributed by atoms with Gasteiger partial charge in [-0.15, -0.1) is 11.3 Å². The first-order chi connectivity index (χ1) is 11.0. The number of anilines is 1. The van der Waals surface area contributed by atoms with Crippen LogP contribution in [0.1, 0.15) is 16.0 Å². The zero-order valence-corrected chi connectivity index (χ0v) is 14.1. The van der Waals surface area contributed by atoms with Crippen molar-refractivity contribution in [1.29, 1.82) is 0 Å². The van der Waals surface area contributed by atoms with Crippen molar-refractivity contribution in [3.05, 3.63) is 45.4 Å². The quantitative estimate of drug-likeness (QED) is 0.737. The van der Waals surface area contributed by atoms with Crippen LogP contribution in [0.15, 0.2) is 24.4 Å². The monoisotopic (exact) mass is 352 g/mol. The molecular formula is C15H17ClN4O2S. The van der Waals surface area contributed by atoms with E-state index in [1.54, 1.807) is 6.20 Å². The van der Waals surface area contributed by atoms with Crippen molar-refractivity contribution in [3.63, 3.8) is 0 Å². The Morgan fingerprint density at radius 2 is 2.13 bits per heavy atom. The summed E-state index contributed by atoms with van der Waals surface area (Å²) >= 11 is 7.34. The summed E-state index contributed by atoms with van der Waals surface area (Å²) in [5.74, 6) is -0.714. The lowest BCUT2D eigenvalue weighted by Crippen LogP contribution is -2.36. The largest absolute Gasteiger partial charge is 0.346 e. The van der Waals surface area contributed by atoms with Gasteiger partial charge in [0.25, 0.3) is 0 Å². The molecule has 2 aromatic rings. The van der Waals surface area contributed by atoms with Crippen LogP contribution in [0.5, 0.6) is 0 Å². The number of carbonyl (C=O) groups is 2. The number of aryl methyl sites for hydroxylation is 1. The topological polar surface area (TPSA) is 97.1 Å². The number of hydrogen-bond acceptors (Lipinski definition) is 5. The second-order valence-corrected chi connectivity index (χ2v) is 6.46. The van der Waals surface area contributed by atoms with Gasteiger partial charge in [-0.05, 0) is 30.2 Å². The highest BCUT2D eigenvalue weighted by atomic mass is 35.5. The molecule has 4 N–H and O–H groups in total. The minimum Gasteiger partial charge on any atom is -0.346 e. The molecule has 0 saturated carbocycles. The highest BCUT2D eigenvalue weighted by Gasteiger charge is 2.09. The van der Waals surface area contributed by atoms with Crippen LogP contribution >= 0.6 is 22.9 Å². The molecule has 2 rings (SSSR count). The van der Waals surface area contributed by atoms with Gasteiger partial charge in [-0.3, -0.25) is 9.59 Å². The van der Waals surface area contributed by atoms with Gasteiger partial charge >= 0.3 is 0 Å². The molecule has 8 heteroatoms. The molecule has 2 amide bonds. The van der Waals surface area contributed by atoms with E-state index in [9.17, 15) is 9.59 Å². The van der Waals surface area contributed by atoms with Gasteiger partial charge in [0.05, 0.1) is 13.1 Å². The maximum atomic E-state index is 11.7. The van der Waals surface area contributed by atoms with Gasteiger partial charge in [0, 0.05) is 22.5 Å². The Balaban J connectivity index is 1.92. The summed E-state index contributed by atoms with van der Waals surface area (Å²) in [4.78, 5) is 27.9. The Morgan fingerprint density at radius 1 is 1.35 bits per heavy atom. The molecule has 0 saturated heterocycles. The zero-order chi connectivity index (χ0) is 16.8. The normalized spacial score (nSPS) is 10.4. The van der Waals surface area contributed by atoms with Crippen LogP contribution in [0.2, 0.25) is 5.02 Å². The number of rotatable bonds is 6. The molecule has 0 aliphatic carbocycles. The first-order valence-electron chi connectivity index (χ1n) is 6.94. The number of amides is 2. The molecule has 0 fully saturated rings. The van der Waals surface area contributed by atoms with Gasteiger partial charge in [0.1, 0.15) is 0 Å². The maximum Gasteiger partial charge on any atom is 0.245 e. The van der Waals surface area contributed by atoms with E-state index in [2.05, 4.69) is 15.6 Å². The molecule has 122 valence electrons. The fourth-order valence-electron chi connectivity index (χ4n) is 1.91. The molecule has 6 nitrogen and oxygen atoms in total. The lowest BCUT2D eigenvalue weighted by molar-refractivity contribution is -0.123. The molecule has 0 radical (unpaired) electrons. The fourth-order valence-corrected chi connectivity index (χ4v) is 2.99. The Kier molecular flexibility index (Phi) is 6.09. The van der Waals surface area contributed by atoms with Gasteiger partial charge in [-0.2, -0.15) is 0 Å². The number of aromatic nitrogens is 1. The van der Waals surface area contributed by atoms with E-state index in [0.717, 1.165) is 22.4 Å². The molecule has 0 aliphatic rings. The predicted octanol–water partition coefficient (Wildman–Crippen LogP) is 1.71. The molecular weight excluding hydrogens is 336 g/mol. The average Bonchev–Trinajstić information content (AvgIpc) is 2.94. The third-order valence-electron chi connectivity index (χ3n) is 3.10. The van der Waals surface area contributed by atoms with Crippen LogP contribution < -0.4 is 16.4 Å². The van der Waals surface area contributed by atoms with Crippen molar-refractivity contribution in [1.82, 2.24) is 10.3 Å². The standard InChI is InChI=1S/C15H17ClN4O2S/c1-9-4-11(16)3-2-10(9)5-12-7-19-15(23-12)20-14(22)8-18-13(21)6-17/h2-4,7H,5-6,8,17H2,1H3,(H,18,21)(H,19,20,22). The second-order valence-electron chi connectivity index (χ2n) is 4.91. The number of nitrogens with one attached hydrogen (secondary N) is 2. The van der Waals surface area contributed by atoms with Gasteiger partial charge in [-0.1, -0.05) is 17.7 Å². The zero-order valence-electron chi connectivity index (χ0n) is 12.6. The summed E-state index contributed by atoms with van der Waals surface area (Å²) < 4.78 is 0. The summed E-state index contributed by atoms with van der Waals surface area (Å²) in [6.07, 6.45) is 2.45. The number of carbonyl (C=O) groups excluding carboxylic acids is 2. The molecule has 23 heavy (non-hydrogen) atoms. The Hall–Kier alpha value is -1.96. The van der Waals surface area contributed by atoms with E-state index in [1.807, 2.05) is 25.1 Å². The number of nitrogens with two attached hydrogens (primary N) is 1. The van der Waals surface area contributed by atoms with Gasteiger partial charge in [0.2, 0.25) is 11.8 Å². The molecule has 1 aromatic carbocycles. The third-order valence-corrected chi connectivity index (χ3v) is 4.25. The fraction of sp³-hybridized carbons (Fsp3) is 0.267. The average molecular weight is 353 g/mol. The third kappa shape index (κ3) is 5.31. The van der Waals surface area contributed by atoms with E-state index >= 15 is 0 Å². The molecule has 1 heterocycles. The molecule has 0 bridgehead atoms. The minimum atomic E-state index is -0.377. The second kappa shape index (κ2) is 8.05. The van der Waals surface area contributed by atoms with Gasteiger partial charge in [0.15, 0.2) is 5.13 Å². The smallest absolute Gasteiger partial charge is 0.245 e. The van der Waals surface area contributed by atoms with Crippen molar-refractivity contribution < 1.29 is 9.59 Å². The summed E-state index contributed by atoms with van der Waals surface area (Å²) in [5.41, 5.74) is 7.42. The van der Waals surface area contributed by atoms with Crippen molar-refractivity contribution in [3.8, 4) is 0 Å². The Morgan fingerprint density at radius 3 is 2.83 bits per heavy atom. The maximum absolute atomic E-state index is 11.7. The van der Waals surface area contributed by atoms with Crippen LogP contribution in [0.25, 0.3) is 0 Å². The highest BCUT2D eigenvalue weighted by Crippen LogP contribution is 2.23. The highest BCUT2D eigenvalue weighted by molar-refractivity contribution is 7.15. The van der Waals surface area contributed by atoms with E-state index < -0.39 is 0 Å². The summed E-state index contributed by atoms with van der Waals surface area (Å²) in [6.45, 7) is 1.74. The van der Waals surface area contributed by atoms with Crippen LogP contribution in [0.3, 0.4) is 0 Å². The molecule has 0 atom stereocenters. The van der Waals surface area contributed by atoms with E-state index in [4.69, 9.17) is 17.3 Å². The van der Waals surface area contributed by atoms with E-state index in [-0.39, 0.29) is 24.9 Å². The first-order valence-corrected chi connectivity index (χ1v) is 8.13. The lowest BCUT2D eigenvalue weighted by Gasteiger charge is -2.04. The SMILES string of the molecule is Cc1cc(Cl)ccc1Cc1cnc(NC(=O)CNC(=O)CN)s1. The molecule has 0 aliphatic heterocycles. The minimum absolute atomic E-state index is 0.124. The van der Waals surface area contributed by atoms with Crippen LogP contribution in [-0.4, -0.2) is 29.9 Å². The van der Waals surface area contributed by atoms with Crippen LogP contribution in [0, 0.1) is 6.92 Å². The van der Waals surface area contributed by atoms with Gasteiger partial charge in [-0.25, -0.2) is 4.98 Å². The number of nitrogens with zero attached hydrogens (tertiary/aromatic N) is 1. The number of thiazole rings is 1. The number of hydrogen-bond donors (Lipinski definition) is 3. The Bertz CT molecular complexity index is 717. The number of benzene rings is 1. The van der Waals surface area contributed by atoms with E-state index in [0.29, 0.717) is 10.2 Å². The van der Waals surface area contributed by atoms with Gasteiger partial charge < -0.3 is 16.4 Å². The van der Waals surface area contributed by atoms with Crippen LogP contribution in [-0.2, 0) is 16.0 Å². The Labute approximate surface area is 143 Å². The molecule has 0 unspecified atom stereocenters. The van der Waals surface area contributed by atoms with Crippen molar-refractivity contribution in [2.75, 3.05) is 18.4 Å². The molecule has 1 aromatic heterocycles. The summed E-state index contributed by atoms with van der Waals surface area (Å²) in [5, 5.41) is 6.25. The van der Waals surface area contributed by atoms with Crippen molar-refractivity contribution >= 4 is 39.9 Å².